The molecule has 5 heteroatoms. The lowest BCUT2D eigenvalue weighted by molar-refractivity contribution is -0.117. The van der Waals surface area contributed by atoms with Crippen LogP contribution in [-0.2, 0) is 17.9 Å². The first-order chi connectivity index (χ1) is 12.1. The summed E-state index contributed by atoms with van der Waals surface area (Å²) in [7, 11) is 0. The van der Waals surface area contributed by atoms with Gasteiger partial charge in [-0.15, -0.1) is 0 Å². The second-order valence-corrected chi connectivity index (χ2v) is 6.43. The maximum atomic E-state index is 12.0. The first-order valence-electron chi connectivity index (χ1n) is 8.58. The van der Waals surface area contributed by atoms with E-state index in [1.165, 1.54) is 0 Å². The fourth-order valence-corrected chi connectivity index (χ4v) is 2.58. The Hall–Kier alpha value is -2.82. The molecule has 3 N–H and O–H groups in total. The SMILES string of the molecule is Cc1ccccc1CNC(=O)NCc1cccc(NC(=O)C2CC2)c1. The van der Waals surface area contributed by atoms with E-state index in [4.69, 9.17) is 0 Å². The summed E-state index contributed by atoms with van der Waals surface area (Å²) in [5.74, 6) is 0.259. The lowest BCUT2D eigenvalue weighted by Gasteiger charge is -2.10. The van der Waals surface area contributed by atoms with Crippen LogP contribution in [0.5, 0.6) is 0 Å². The molecule has 0 bridgehead atoms. The number of benzene rings is 2. The second kappa shape index (κ2) is 7.83. The highest BCUT2D eigenvalue weighted by atomic mass is 16.2. The third-order valence-corrected chi connectivity index (χ3v) is 4.30. The molecule has 2 aromatic rings. The van der Waals surface area contributed by atoms with Gasteiger partial charge in [-0.3, -0.25) is 4.79 Å². The van der Waals surface area contributed by atoms with Crippen molar-refractivity contribution in [2.45, 2.75) is 32.9 Å². The number of nitrogens with one attached hydrogen (secondary N) is 3. The number of urea groups is 1. The standard InChI is InChI=1S/C20H23N3O2/c1-14-5-2-3-7-17(14)13-22-20(25)21-12-15-6-4-8-18(11-15)23-19(24)16-9-10-16/h2-8,11,16H,9-10,12-13H2,1H3,(H,23,24)(H2,21,22,25). The van der Waals surface area contributed by atoms with Crippen LogP contribution in [-0.4, -0.2) is 11.9 Å². The molecule has 3 amide bonds. The van der Waals surface area contributed by atoms with Gasteiger partial charge in [-0.25, -0.2) is 4.79 Å². The Morgan fingerprint density at radius 3 is 2.52 bits per heavy atom. The summed E-state index contributed by atoms with van der Waals surface area (Å²) in [6, 6.07) is 15.3. The Morgan fingerprint density at radius 1 is 1.00 bits per heavy atom. The minimum absolute atomic E-state index is 0.0843. The quantitative estimate of drug-likeness (QED) is 0.756. The van der Waals surface area contributed by atoms with E-state index < -0.39 is 0 Å². The predicted octanol–water partition coefficient (Wildman–Crippen LogP) is 3.34. The number of carbonyl (C=O) groups excluding carboxylic acids is 2. The molecule has 1 fully saturated rings. The van der Waals surface area contributed by atoms with Crippen molar-refractivity contribution >= 4 is 17.6 Å². The van der Waals surface area contributed by atoms with E-state index >= 15 is 0 Å². The molecule has 1 saturated carbocycles. The Labute approximate surface area is 147 Å². The van der Waals surface area contributed by atoms with Gasteiger partial charge in [0.1, 0.15) is 0 Å². The van der Waals surface area contributed by atoms with E-state index in [1.54, 1.807) is 0 Å². The molecule has 0 aromatic heterocycles. The zero-order valence-corrected chi connectivity index (χ0v) is 14.3. The zero-order valence-electron chi connectivity index (χ0n) is 14.3. The molecule has 5 nitrogen and oxygen atoms in total. The fourth-order valence-electron chi connectivity index (χ4n) is 2.58. The number of aryl methyl sites for hydroxylation is 1. The van der Waals surface area contributed by atoms with Crippen LogP contribution in [0.4, 0.5) is 10.5 Å². The number of anilines is 1. The van der Waals surface area contributed by atoms with Gasteiger partial charge in [0.2, 0.25) is 5.91 Å². The van der Waals surface area contributed by atoms with Crippen molar-refractivity contribution in [3.05, 3.63) is 65.2 Å². The maximum absolute atomic E-state index is 12.0. The van der Waals surface area contributed by atoms with Crippen LogP contribution in [0.3, 0.4) is 0 Å². The monoisotopic (exact) mass is 337 g/mol. The molecule has 2 aromatic carbocycles. The lowest BCUT2D eigenvalue weighted by atomic mass is 10.1. The van der Waals surface area contributed by atoms with Gasteiger partial charge in [-0.05, 0) is 48.6 Å². The lowest BCUT2D eigenvalue weighted by Crippen LogP contribution is -2.34. The summed E-state index contributed by atoms with van der Waals surface area (Å²) in [5.41, 5.74) is 3.97. The highest BCUT2D eigenvalue weighted by Gasteiger charge is 2.29. The highest BCUT2D eigenvalue weighted by molar-refractivity contribution is 5.94. The number of rotatable bonds is 6. The van der Waals surface area contributed by atoms with Crippen LogP contribution in [0.15, 0.2) is 48.5 Å². The summed E-state index contributed by atoms with van der Waals surface area (Å²) in [5, 5.41) is 8.62. The van der Waals surface area contributed by atoms with Crippen LogP contribution in [0.1, 0.15) is 29.5 Å². The first kappa shape index (κ1) is 17.0. The number of hydrogen-bond acceptors (Lipinski definition) is 2. The predicted molar refractivity (Wildman–Crippen MR) is 98.1 cm³/mol. The summed E-state index contributed by atoms with van der Waals surface area (Å²) in [4.78, 5) is 23.8. The second-order valence-electron chi connectivity index (χ2n) is 6.43. The topological polar surface area (TPSA) is 70.2 Å². The molecule has 3 rings (SSSR count). The average molecular weight is 337 g/mol. The van der Waals surface area contributed by atoms with Crippen molar-refractivity contribution in [1.82, 2.24) is 10.6 Å². The molecular weight excluding hydrogens is 314 g/mol. The van der Waals surface area contributed by atoms with Crippen molar-refractivity contribution in [2.24, 2.45) is 5.92 Å². The van der Waals surface area contributed by atoms with Gasteiger partial charge in [-0.1, -0.05) is 36.4 Å². The molecule has 0 spiro atoms. The van der Waals surface area contributed by atoms with Crippen LogP contribution < -0.4 is 16.0 Å². The molecule has 25 heavy (non-hydrogen) atoms. The van der Waals surface area contributed by atoms with Crippen molar-refractivity contribution in [2.75, 3.05) is 5.32 Å². The molecule has 0 unspecified atom stereocenters. The van der Waals surface area contributed by atoms with E-state index in [9.17, 15) is 9.59 Å². The van der Waals surface area contributed by atoms with Crippen molar-refractivity contribution in [3.8, 4) is 0 Å². The van der Waals surface area contributed by atoms with E-state index in [0.717, 1.165) is 35.2 Å². The Morgan fingerprint density at radius 2 is 1.76 bits per heavy atom. The van der Waals surface area contributed by atoms with Gasteiger partial charge in [0, 0.05) is 24.7 Å². The Bertz CT molecular complexity index is 769. The third kappa shape index (κ3) is 5.08. The largest absolute Gasteiger partial charge is 0.334 e. The summed E-state index contributed by atoms with van der Waals surface area (Å²) in [6.45, 7) is 2.93. The molecule has 0 heterocycles. The van der Waals surface area contributed by atoms with Gasteiger partial charge in [0.25, 0.3) is 0 Å². The average Bonchev–Trinajstić information content (AvgIpc) is 3.45. The summed E-state index contributed by atoms with van der Waals surface area (Å²) in [6.07, 6.45) is 1.96. The first-order valence-corrected chi connectivity index (χ1v) is 8.58. The minimum atomic E-state index is -0.212. The van der Waals surface area contributed by atoms with Gasteiger partial charge >= 0.3 is 6.03 Å². The van der Waals surface area contributed by atoms with Gasteiger partial charge in [0.15, 0.2) is 0 Å². The highest BCUT2D eigenvalue weighted by Crippen LogP contribution is 2.30. The number of hydrogen-bond donors (Lipinski definition) is 3. The minimum Gasteiger partial charge on any atom is -0.334 e. The van der Waals surface area contributed by atoms with Gasteiger partial charge in [-0.2, -0.15) is 0 Å². The van der Waals surface area contributed by atoms with E-state index in [2.05, 4.69) is 16.0 Å². The zero-order chi connectivity index (χ0) is 17.6. The normalized spacial score (nSPS) is 13.2. The Balaban J connectivity index is 1.46. The van der Waals surface area contributed by atoms with Crippen molar-refractivity contribution in [1.29, 1.82) is 0 Å². The van der Waals surface area contributed by atoms with Crippen LogP contribution in [0.2, 0.25) is 0 Å². The Kier molecular flexibility index (Phi) is 5.33. The summed E-state index contributed by atoms with van der Waals surface area (Å²) < 4.78 is 0. The van der Waals surface area contributed by atoms with Crippen molar-refractivity contribution < 1.29 is 9.59 Å². The fraction of sp³-hybridized carbons (Fsp3) is 0.300. The molecular formula is C20H23N3O2. The van der Waals surface area contributed by atoms with E-state index in [1.807, 2.05) is 55.5 Å². The van der Waals surface area contributed by atoms with Crippen LogP contribution >= 0.6 is 0 Å². The van der Waals surface area contributed by atoms with Crippen LogP contribution in [0.25, 0.3) is 0 Å². The van der Waals surface area contributed by atoms with E-state index in [0.29, 0.717) is 13.1 Å². The number of amides is 3. The maximum Gasteiger partial charge on any atom is 0.315 e. The van der Waals surface area contributed by atoms with E-state index in [-0.39, 0.29) is 17.9 Å². The summed E-state index contributed by atoms with van der Waals surface area (Å²) >= 11 is 0. The van der Waals surface area contributed by atoms with Crippen molar-refractivity contribution in [3.63, 3.8) is 0 Å². The molecule has 0 aliphatic heterocycles. The molecule has 1 aliphatic rings. The molecule has 0 radical (unpaired) electrons. The molecule has 0 saturated heterocycles. The molecule has 130 valence electrons. The molecule has 0 atom stereocenters. The van der Waals surface area contributed by atoms with Gasteiger partial charge in [0.05, 0.1) is 0 Å². The smallest absolute Gasteiger partial charge is 0.315 e. The third-order valence-electron chi connectivity index (χ3n) is 4.30. The number of carbonyl (C=O) groups is 2. The van der Waals surface area contributed by atoms with Gasteiger partial charge < -0.3 is 16.0 Å². The van der Waals surface area contributed by atoms with Crippen LogP contribution in [0, 0.1) is 12.8 Å². The molecule has 1 aliphatic carbocycles.